The van der Waals surface area contributed by atoms with Crippen LogP contribution in [0.25, 0.3) is 0 Å². The fraction of sp³-hybridized carbons (Fsp3) is 0.773. The topological polar surface area (TPSA) is 17.1 Å². The van der Waals surface area contributed by atoms with Crippen LogP contribution in [0.2, 0.25) is 0 Å². The van der Waals surface area contributed by atoms with E-state index in [0.717, 1.165) is 36.5 Å². The number of ketones is 1. The molecule has 0 aromatic carbocycles. The third kappa shape index (κ3) is 2.14. The first kappa shape index (κ1) is 15.7. The van der Waals surface area contributed by atoms with Crippen molar-refractivity contribution >= 4 is 5.78 Å². The summed E-state index contributed by atoms with van der Waals surface area (Å²) < 4.78 is 0. The highest BCUT2D eigenvalue weighted by Crippen LogP contribution is 2.64. The average molecular weight is 312 g/mol. The first-order valence-electron chi connectivity index (χ1n) is 9.89. The van der Waals surface area contributed by atoms with Crippen molar-refractivity contribution in [1.29, 1.82) is 0 Å². The van der Waals surface area contributed by atoms with E-state index in [0.29, 0.717) is 16.6 Å². The lowest BCUT2D eigenvalue weighted by Crippen LogP contribution is -2.53. The normalized spacial score (nSPS) is 49.0. The van der Waals surface area contributed by atoms with Gasteiger partial charge in [-0.05, 0) is 85.5 Å². The van der Waals surface area contributed by atoms with Crippen molar-refractivity contribution in [3.05, 3.63) is 23.8 Å². The first-order valence-corrected chi connectivity index (χ1v) is 9.89. The molecule has 0 bridgehead atoms. The summed E-state index contributed by atoms with van der Waals surface area (Å²) in [7, 11) is 0. The molecule has 4 aliphatic rings. The van der Waals surface area contributed by atoms with E-state index in [1.165, 1.54) is 44.1 Å². The summed E-state index contributed by atoms with van der Waals surface area (Å²) in [6, 6.07) is 0. The highest BCUT2D eigenvalue weighted by molar-refractivity contribution is 5.91. The van der Waals surface area contributed by atoms with Crippen LogP contribution in [0.3, 0.4) is 0 Å². The fourth-order valence-corrected chi connectivity index (χ4v) is 7.02. The van der Waals surface area contributed by atoms with Gasteiger partial charge in [-0.2, -0.15) is 0 Å². The van der Waals surface area contributed by atoms with Crippen molar-refractivity contribution in [1.82, 2.24) is 0 Å². The summed E-state index contributed by atoms with van der Waals surface area (Å²) in [6.07, 6.45) is 16.8. The molecule has 6 atom stereocenters. The Kier molecular flexibility index (Phi) is 3.63. The molecule has 0 spiro atoms. The molecule has 0 saturated heterocycles. The van der Waals surface area contributed by atoms with Gasteiger partial charge in [-0.15, -0.1) is 0 Å². The van der Waals surface area contributed by atoms with Crippen molar-refractivity contribution < 1.29 is 4.79 Å². The van der Waals surface area contributed by atoms with E-state index in [1.807, 2.05) is 6.08 Å². The summed E-state index contributed by atoms with van der Waals surface area (Å²) in [5.41, 5.74) is 2.34. The van der Waals surface area contributed by atoms with Gasteiger partial charge in [-0.25, -0.2) is 0 Å². The first-order chi connectivity index (χ1) is 11.0. The maximum absolute atomic E-state index is 11.9. The van der Waals surface area contributed by atoms with Crippen LogP contribution < -0.4 is 0 Å². The zero-order valence-corrected chi connectivity index (χ0v) is 15.1. The van der Waals surface area contributed by atoms with Gasteiger partial charge in [0.2, 0.25) is 0 Å². The second kappa shape index (κ2) is 5.33. The molecule has 0 heterocycles. The Morgan fingerprint density at radius 2 is 1.96 bits per heavy atom. The minimum atomic E-state index is 0.320. The SMILES string of the molecule is CC[C@H]1C=CC[C@H]2[C@@H]3CCC4=CC(=O)CC[C@]4(C)[C@H]3CC[C@]12C. The molecule has 0 N–H and O–H groups in total. The van der Waals surface area contributed by atoms with E-state index >= 15 is 0 Å². The van der Waals surface area contributed by atoms with Crippen molar-refractivity contribution in [3.8, 4) is 0 Å². The van der Waals surface area contributed by atoms with Gasteiger partial charge in [0.05, 0.1) is 0 Å². The molecule has 23 heavy (non-hydrogen) atoms. The van der Waals surface area contributed by atoms with Gasteiger partial charge >= 0.3 is 0 Å². The number of allylic oxidation sites excluding steroid dienone is 4. The molecule has 0 aromatic heterocycles. The number of carbonyl (C=O) groups is 1. The Morgan fingerprint density at radius 1 is 1.13 bits per heavy atom. The molecule has 2 saturated carbocycles. The minimum Gasteiger partial charge on any atom is -0.295 e. The molecule has 0 aromatic rings. The van der Waals surface area contributed by atoms with Crippen LogP contribution in [0, 0.1) is 34.5 Å². The Hall–Kier alpha value is -0.850. The minimum absolute atomic E-state index is 0.320. The molecule has 2 fully saturated rings. The molecule has 0 amide bonds. The summed E-state index contributed by atoms with van der Waals surface area (Å²) in [6.45, 7) is 7.44. The fourth-order valence-electron chi connectivity index (χ4n) is 7.02. The molecular weight excluding hydrogens is 280 g/mol. The number of hydrogen-bond donors (Lipinski definition) is 0. The summed E-state index contributed by atoms with van der Waals surface area (Å²) >= 11 is 0. The van der Waals surface area contributed by atoms with E-state index < -0.39 is 0 Å². The predicted molar refractivity (Wildman–Crippen MR) is 95.0 cm³/mol. The van der Waals surface area contributed by atoms with Crippen LogP contribution >= 0.6 is 0 Å². The maximum atomic E-state index is 11.9. The number of fused-ring (bicyclic) bond motifs is 5. The highest BCUT2D eigenvalue weighted by atomic mass is 16.1. The second-order valence-electron chi connectivity index (χ2n) is 9.19. The predicted octanol–water partition coefficient (Wildman–Crippen LogP) is 5.71. The molecule has 0 radical (unpaired) electrons. The van der Waals surface area contributed by atoms with E-state index in [9.17, 15) is 4.79 Å². The van der Waals surface area contributed by atoms with Gasteiger partial charge in [-0.3, -0.25) is 4.79 Å². The van der Waals surface area contributed by atoms with E-state index in [1.54, 1.807) is 0 Å². The molecule has 4 aliphatic carbocycles. The third-order valence-corrected chi connectivity index (χ3v) is 8.44. The van der Waals surface area contributed by atoms with Gasteiger partial charge < -0.3 is 0 Å². The van der Waals surface area contributed by atoms with E-state index in [4.69, 9.17) is 0 Å². The smallest absolute Gasteiger partial charge is 0.155 e. The zero-order chi connectivity index (χ0) is 16.2. The molecule has 1 nitrogen and oxygen atoms in total. The molecule has 0 aliphatic heterocycles. The van der Waals surface area contributed by atoms with E-state index in [2.05, 4.69) is 32.9 Å². The maximum Gasteiger partial charge on any atom is 0.155 e. The quantitative estimate of drug-likeness (QED) is 0.567. The highest BCUT2D eigenvalue weighted by Gasteiger charge is 2.56. The van der Waals surface area contributed by atoms with Gasteiger partial charge in [0.1, 0.15) is 0 Å². The van der Waals surface area contributed by atoms with Crippen LogP contribution in [0.4, 0.5) is 0 Å². The standard InChI is InChI=1S/C22H32O/c1-4-15-6-5-7-19-18-9-8-16-14-17(23)10-12-22(16,3)20(18)11-13-21(15,19)2/h5-6,14-15,18-20H,4,7-13H2,1-3H3/t15-,18-,19-,20-,21+,22-/m0/s1. The largest absolute Gasteiger partial charge is 0.295 e. The van der Waals surface area contributed by atoms with E-state index in [-0.39, 0.29) is 0 Å². The summed E-state index contributed by atoms with van der Waals surface area (Å²) in [4.78, 5) is 11.9. The summed E-state index contributed by atoms with van der Waals surface area (Å²) in [5, 5.41) is 0. The Labute approximate surface area is 141 Å². The monoisotopic (exact) mass is 312 g/mol. The lowest BCUT2D eigenvalue weighted by atomic mass is 9.44. The lowest BCUT2D eigenvalue weighted by Gasteiger charge is -2.61. The van der Waals surface area contributed by atoms with Crippen LogP contribution in [0.5, 0.6) is 0 Å². The second-order valence-corrected chi connectivity index (χ2v) is 9.19. The van der Waals surface area contributed by atoms with Crippen LogP contribution in [-0.4, -0.2) is 5.78 Å². The van der Waals surface area contributed by atoms with Crippen LogP contribution in [-0.2, 0) is 4.79 Å². The lowest BCUT2D eigenvalue weighted by molar-refractivity contribution is -0.118. The molecule has 4 rings (SSSR count). The number of hydrogen-bond acceptors (Lipinski definition) is 1. The van der Waals surface area contributed by atoms with Crippen molar-refractivity contribution in [2.45, 2.75) is 72.1 Å². The molecule has 0 unspecified atom stereocenters. The zero-order valence-electron chi connectivity index (χ0n) is 15.1. The van der Waals surface area contributed by atoms with Gasteiger partial charge in [0, 0.05) is 6.42 Å². The number of carbonyl (C=O) groups excluding carboxylic acids is 1. The van der Waals surface area contributed by atoms with Gasteiger partial charge in [0.25, 0.3) is 0 Å². The molecule has 1 heteroatoms. The molecule has 126 valence electrons. The average Bonchev–Trinajstić information content (AvgIpc) is 2.54. The summed E-state index contributed by atoms with van der Waals surface area (Å²) in [5.74, 6) is 3.72. The Bertz CT molecular complexity index is 571. The number of rotatable bonds is 1. The van der Waals surface area contributed by atoms with Gasteiger partial charge in [0.15, 0.2) is 5.78 Å². The van der Waals surface area contributed by atoms with Crippen molar-refractivity contribution in [2.75, 3.05) is 0 Å². The van der Waals surface area contributed by atoms with Crippen LogP contribution in [0.15, 0.2) is 23.8 Å². The third-order valence-electron chi connectivity index (χ3n) is 8.44. The Balaban J connectivity index is 1.69. The van der Waals surface area contributed by atoms with Crippen LogP contribution in [0.1, 0.15) is 72.1 Å². The molecular formula is C22H32O. The van der Waals surface area contributed by atoms with Crippen molar-refractivity contribution in [2.24, 2.45) is 34.5 Å². The van der Waals surface area contributed by atoms with Gasteiger partial charge in [-0.1, -0.05) is 38.5 Å². The van der Waals surface area contributed by atoms with Crippen molar-refractivity contribution in [3.63, 3.8) is 0 Å². The Morgan fingerprint density at radius 3 is 2.74 bits per heavy atom.